The molecule has 0 fully saturated rings. The predicted molar refractivity (Wildman–Crippen MR) is 61.3 cm³/mol. The quantitative estimate of drug-likeness (QED) is 0.329. The van der Waals surface area contributed by atoms with E-state index in [1.54, 1.807) is 0 Å². The number of amides is 1. The van der Waals surface area contributed by atoms with Crippen LogP contribution in [0, 0.1) is 11.6 Å². The van der Waals surface area contributed by atoms with E-state index >= 15 is 0 Å². The minimum absolute atomic E-state index is 0.285. The molecule has 5 nitrogen and oxygen atoms in total. The summed E-state index contributed by atoms with van der Waals surface area (Å²) in [6.07, 6.45) is 0. The summed E-state index contributed by atoms with van der Waals surface area (Å²) in [5.41, 5.74) is 3.40. The maximum atomic E-state index is 13.3. The van der Waals surface area contributed by atoms with Gasteiger partial charge in [-0.3, -0.25) is 4.79 Å². The molecule has 1 rings (SSSR count). The van der Waals surface area contributed by atoms with E-state index in [1.807, 2.05) is 0 Å². The normalized spacial score (nSPS) is 12.3. The monoisotopic (exact) mass is 257 g/mol. The van der Waals surface area contributed by atoms with Gasteiger partial charge in [0.1, 0.15) is 17.2 Å². The summed E-state index contributed by atoms with van der Waals surface area (Å²) in [6, 6.07) is 3.08. The molecule has 18 heavy (non-hydrogen) atoms. The molecule has 0 saturated heterocycles. The molecule has 0 unspecified atom stereocenters. The fraction of sp³-hybridized carbons (Fsp3) is 0.273. The van der Waals surface area contributed by atoms with Crippen LogP contribution in [0.15, 0.2) is 23.4 Å². The Morgan fingerprint density at radius 2 is 1.89 bits per heavy atom. The van der Waals surface area contributed by atoms with Crippen molar-refractivity contribution in [3.8, 4) is 0 Å². The molecule has 7 heteroatoms. The van der Waals surface area contributed by atoms with E-state index in [-0.39, 0.29) is 5.84 Å². The van der Waals surface area contributed by atoms with Crippen molar-refractivity contribution in [2.75, 3.05) is 0 Å². The van der Waals surface area contributed by atoms with E-state index in [9.17, 15) is 13.6 Å². The number of hydrogen-bond donors (Lipinski definition) is 3. The lowest BCUT2D eigenvalue weighted by molar-refractivity contribution is 0.0922. The van der Waals surface area contributed by atoms with Crippen LogP contribution < -0.4 is 11.1 Å². The van der Waals surface area contributed by atoms with Crippen LogP contribution in [-0.4, -0.2) is 22.5 Å². The lowest BCUT2D eigenvalue weighted by atomic mass is 10.0. The van der Waals surface area contributed by atoms with Crippen molar-refractivity contribution in [1.82, 2.24) is 5.32 Å². The van der Waals surface area contributed by atoms with Crippen LogP contribution >= 0.6 is 0 Å². The summed E-state index contributed by atoms with van der Waals surface area (Å²) in [5, 5.41) is 13.5. The van der Waals surface area contributed by atoms with Gasteiger partial charge in [0, 0.05) is 0 Å². The first-order chi connectivity index (χ1) is 8.29. The molecule has 0 aromatic heterocycles. The molecule has 0 radical (unpaired) electrons. The SMILES string of the molecule is CC(C)(NC(=O)c1c(F)cccc1F)/C(N)=N/O. The molecule has 0 atom stereocenters. The summed E-state index contributed by atoms with van der Waals surface area (Å²) in [6.45, 7) is 2.86. The van der Waals surface area contributed by atoms with Gasteiger partial charge < -0.3 is 16.3 Å². The first kappa shape index (κ1) is 13.9. The Kier molecular flexibility index (Phi) is 3.85. The molecule has 4 N–H and O–H groups in total. The molecule has 0 saturated carbocycles. The zero-order chi connectivity index (χ0) is 13.9. The van der Waals surface area contributed by atoms with Crippen molar-refractivity contribution < 1.29 is 18.8 Å². The summed E-state index contributed by atoms with van der Waals surface area (Å²) in [4.78, 5) is 11.7. The van der Waals surface area contributed by atoms with E-state index in [2.05, 4.69) is 10.5 Å². The van der Waals surface area contributed by atoms with Crippen LogP contribution in [0.2, 0.25) is 0 Å². The van der Waals surface area contributed by atoms with E-state index in [1.165, 1.54) is 13.8 Å². The number of halogens is 2. The number of carbonyl (C=O) groups excluding carboxylic acids is 1. The number of benzene rings is 1. The zero-order valence-electron chi connectivity index (χ0n) is 9.87. The molecule has 0 spiro atoms. The van der Waals surface area contributed by atoms with E-state index < -0.39 is 28.6 Å². The molecule has 0 aliphatic heterocycles. The fourth-order valence-corrected chi connectivity index (χ4v) is 1.25. The highest BCUT2D eigenvalue weighted by Crippen LogP contribution is 2.13. The number of rotatable bonds is 3. The summed E-state index contributed by atoms with van der Waals surface area (Å²) < 4.78 is 26.7. The molecule has 0 aliphatic carbocycles. The topological polar surface area (TPSA) is 87.7 Å². The first-order valence-electron chi connectivity index (χ1n) is 5.04. The Morgan fingerprint density at radius 3 is 2.33 bits per heavy atom. The van der Waals surface area contributed by atoms with Gasteiger partial charge >= 0.3 is 0 Å². The van der Waals surface area contributed by atoms with Crippen molar-refractivity contribution >= 4 is 11.7 Å². The predicted octanol–water partition coefficient (Wildman–Crippen LogP) is 1.22. The van der Waals surface area contributed by atoms with Gasteiger partial charge in [-0.1, -0.05) is 11.2 Å². The number of nitrogens with two attached hydrogens (primary N) is 1. The van der Waals surface area contributed by atoms with E-state index in [0.717, 1.165) is 18.2 Å². The number of nitrogens with one attached hydrogen (secondary N) is 1. The second-order valence-electron chi connectivity index (χ2n) is 4.16. The Labute approximate surface area is 102 Å². The van der Waals surface area contributed by atoms with Crippen LogP contribution in [0.5, 0.6) is 0 Å². The third kappa shape index (κ3) is 2.73. The van der Waals surface area contributed by atoms with Gasteiger partial charge in [0.2, 0.25) is 0 Å². The van der Waals surface area contributed by atoms with Crippen molar-refractivity contribution in [3.05, 3.63) is 35.4 Å². The smallest absolute Gasteiger partial charge is 0.258 e. The first-order valence-corrected chi connectivity index (χ1v) is 5.04. The molecular formula is C11H13F2N3O2. The largest absolute Gasteiger partial charge is 0.409 e. The number of amidine groups is 1. The number of carbonyl (C=O) groups is 1. The minimum Gasteiger partial charge on any atom is -0.409 e. The van der Waals surface area contributed by atoms with Crippen LogP contribution in [0.4, 0.5) is 8.78 Å². The highest BCUT2D eigenvalue weighted by molar-refractivity contribution is 6.00. The van der Waals surface area contributed by atoms with Crippen LogP contribution in [0.3, 0.4) is 0 Å². The lowest BCUT2D eigenvalue weighted by Gasteiger charge is -2.24. The van der Waals surface area contributed by atoms with Gasteiger partial charge in [-0.15, -0.1) is 0 Å². The third-order valence-electron chi connectivity index (χ3n) is 2.36. The third-order valence-corrected chi connectivity index (χ3v) is 2.36. The maximum absolute atomic E-state index is 13.3. The van der Waals surface area contributed by atoms with E-state index in [0.29, 0.717) is 0 Å². The van der Waals surface area contributed by atoms with Crippen LogP contribution in [0.1, 0.15) is 24.2 Å². The van der Waals surface area contributed by atoms with Gasteiger partial charge in [0.25, 0.3) is 5.91 Å². The second kappa shape index (κ2) is 4.99. The van der Waals surface area contributed by atoms with E-state index in [4.69, 9.17) is 10.9 Å². The summed E-state index contributed by atoms with van der Waals surface area (Å²) in [7, 11) is 0. The molecule has 1 aromatic carbocycles. The summed E-state index contributed by atoms with van der Waals surface area (Å²) in [5.74, 6) is -3.24. The highest BCUT2D eigenvalue weighted by Gasteiger charge is 2.28. The lowest BCUT2D eigenvalue weighted by Crippen LogP contribution is -2.53. The standard InChI is InChI=1S/C11H13F2N3O2/c1-11(2,10(14)16-18)15-9(17)8-6(12)4-3-5-7(8)13/h3-5,18H,1-2H3,(H2,14,16)(H,15,17). The van der Waals surface area contributed by atoms with Crippen molar-refractivity contribution in [3.63, 3.8) is 0 Å². The Hall–Kier alpha value is -2.18. The maximum Gasteiger partial charge on any atom is 0.258 e. The Morgan fingerprint density at radius 1 is 1.39 bits per heavy atom. The molecule has 98 valence electrons. The number of hydrogen-bond acceptors (Lipinski definition) is 3. The second-order valence-corrected chi connectivity index (χ2v) is 4.16. The van der Waals surface area contributed by atoms with Gasteiger partial charge in [-0.25, -0.2) is 8.78 Å². The van der Waals surface area contributed by atoms with Crippen molar-refractivity contribution in [1.29, 1.82) is 0 Å². The molecular weight excluding hydrogens is 244 g/mol. The number of oxime groups is 1. The average molecular weight is 257 g/mol. The van der Waals surface area contributed by atoms with Gasteiger partial charge in [-0.2, -0.15) is 0 Å². The van der Waals surface area contributed by atoms with Crippen molar-refractivity contribution in [2.24, 2.45) is 10.9 Å². The van der Waals surface area contributed by atoms with Crippen LogP contribution in [-0.2, 0) is 0 Å². The van der Waals surface area contributed by atoms with Gasteiger partial charge in [-0.05, 0) is 26.0 Å². The highest BCUT2D eigenvalue weighted by atomic mass is 19.1. The Bertz CT molecular complexity index is 481. The molecule has 1 amide bonds. The molecule has 1 aromatic rings. The Balaban J connectivity index is 3.04. The molecule has 0 aliphatic rings. The minimum atomic E-state index is -1.24. The van der Waals surface area contributed by atoms with Crippen LogP contribution in [0.25, 0.3) is 0 Å². The molecule has 0 bridgehead atoms. The van der Waals surface area contributed by atoms with Gasteiger partial charge in [0.15, 0.2) is 5.84 Å². The fourth-order valence-electron chi connectivity index (χ4n) is 1.25. The number of nitrogens with zero attached hydrogens (tertiary/aromatic N) is 1. The average Bonchev–Trinajstić information content (AvgIpc) is 2.26. The zero-order valence-corrected chi connectivity index (χ0v) is 9.87. The summed E-state index contributed by atoms with van der Waals surface area (Å²) >= 11 is 0. The van der Waals surface area contributed by atoms with Gasteiger partial charge in [0.05, 0.1) is 5.54 Å². The molecule has 0 heterocycles. The van der Waals surface area contributed by atoms with Crippen molar-refractivity contribution in [2.45, 2.75) is 19.4 Å².